The Morgan fingerprint density at radius 1 is 1.19 bits per heavy atom. The number of carbonyl (C=O) groups excluding carboxylic acids is 1. The van der Waals surface area contributed by atoms with Crippen LogP contribution in [-0.2, 0) is 4.79 Å². The first-order valence-electron chi connectivity index (χ1n) is 7.94. The molecule has 0 saturated carbocycles. The van der Waals surface area contributed by atoms with E-state index < -0.39 is 5.97 Å². The summed E-state index contributed by atoms with van der Waals surface area (Å²) in [5.74, 6) is -0.537. The van der Waals surface area contributed by atoms with Crippen molar-refractivity contribution < 1.29 is 19.4 Å². The molecule has 136 valence electrons. The third kappa shape index (κ3) is 4.27. The summed E-state index contributed by atoms with van der Waals surface area (Å²) < 4.78 is 5.84. The van der Waals surface area contributed by atoms with Crippen molar-refractivity contribution in [2.24, 2.45) is 0 Å². The molecule has 3 rings (SSSR count). The second-order valence-electron chi connectivity index (χ2n) is 5.54. The van der Waals surface area contributed by atoms with Gasteiger partial charge in [0.1, 0.15) is 12.4 Å². The van der Waals surface area contributed by atoms with Crippen LogP contribution in [0, 0.1) is 0 Å². The van der Waals surface area contributed by atoms with E-state index in [0.717, 1.165) is 11.3 Å². The highest BCUT2D eigenvalue weighted by Gasteiger charge is 2.33. The second kappa shape index (κ2) is 8.20. The molecule has 1 aliphatic heterocycles. The van der Waals surface area contributed by atoms with Gasteiger partial charge in [-0.3, -0.25) is 9.69 Å². The first-order valence-corrected chi connectivity index (χ1v) is 9.17. The number of carboxylic acids is 1. The van der Waals surface area contributed by atoms with Gasteiger partial charge in [0.25, 0.3) is 5.91 Å². The molecule has 1 amide bonds. The van der Waals surface area contributed by atoms with Gasteiger partial charge >= 0.3 is 5.97 Å². The summed E-state index contributed by atoms with van der Waals surface area (Å²) in [5, 5.41) is 8.99. The van der Waals surface area contributed by atoms with Crippen LogP contribution >= 0.6 is 24.0 Å². The molecular weight excluding hydrogens is 382 g/mol. The number of amides is 1. The number of benzene rings is 2. The molecule has 2 aromatic carbocycles. The second-order valence-corrected chi connectivity index (χ2v) is 7.21. The summed E-state index contributed by atoms with van der Waals surface area (Å²) in [6, 6.07) is 13.4. The zero-order valence-electron chi connectivity index (χ0n) is 14.1. The average molecular weight is 397 g/mol. The van der Waals surface area contributed by atoms with Crippen molar-refractivity contribution >= 4 is 51.9 Å². The van der Waals surface area contributed by atoms with E-state index in [-0.39, 0.29) is 11.5 Å². The Morgan fingerprint density at radius 2 is 1.85 bits per heavy atom. The van der Waals surface area contributed by atoms with Crippen LogP contribution in [0.2, 0.25) is 0 Å². The standard InChI is InChI=1S/C20H15NO4S2/c1-2-11-25-16-9-3-13(4-10-16)12-17-18(22)21(20(26)27-17)15-7-5-14(6-8-15)19(23)24/h2-10,12H,1,11H2,(H,23,24)/b17-12-. The normalized spacial score (nSPS) is 15.3. The fourth-order valence-electron chi connectivity index (χ4n) is 2.41. The van der Waals surface area contributed by atoms with Crippen LogP contribution in [-0.4, -0.2) is 27.9 Å². The smallest absolute Gasteiger partial charge is 0.335 e. The molecule has 1 N–H and O–H groups in total. The predicted molar refractivity (Wildman–Crippen MR) is 111 cm³/mol. The molecule has 0 unspecified atom stereocenters. The lowest BCUT2D eigenvalue weighted by atomic mass is 10.2. The van der Waals surface area contributed by atoms with Gasteiger partial charge in [0.15, 0.2) is 4.32 Å². The molecule has 2 aromatic rings. The highest BCUT2D eigenvalue weighted by molar-refractivity contribution is 8.27. The van der Waals surface area contributed by atoms with E-state index in [9.17, 15) is 9.59 Å². The number of thiocarbonyl (C=S) groups is 1. The zero-order valence-corrected chi connectivity index (χ0v) is 15.8. The lowest BCUT2D eigenvalue weighted by Crippen LogP contribution is -2.27. The molecule has 0 radical (unpaired) electrons. The number of nitrogens with zero attached hydrogens (tertiary/aromatic N) is 1. The van der Waals surface area contributed by atoms with Crippen molar-refractivity contribution in [2.45, 2.75) is 0 Å². The quantitative estimate of drug-likeness (QED) is 0.444. The Labute approximate surface area is 165 Å². The van der Waals surface area contributed by atoms with E-state index in [0.29, 0.717) is 21.5 Å². The Hall–Kier alpha value is -2.90. The highest BCUT2D eigenvalue weighted by Crippen LogP contribution is 2.36. The zero-order chi connectivity index (χ0) is 19.4. The minimum atomic E-state index is -1.02. The van der Waals surface area contributed by atoms with Crippen LogP contribution in [0.1, 0.15) is 15.9 Å². The summed E-state index contributed by atoms with van der Waals surface area (Å²) in [4.78, 5) is 25.6. The van der Waals surface area contributed by atoms with Gasteiger partial charge in [-0.15, -0.1) is 0 Å². The van der Waals surface area contributed by atoms with Crippen LogP contribution in [0.15, 0.2) is 66.1 Å². The van der Waals surface area contributed by atoms with Crippen LogP contribution in [0.3, 0.4) is 0 Å². The van der Waals surface area contributed by atoms with E-state index in [2.05, 4.69) is 6.58 Å². The van der Waals surface area contributed by atoms with Gasteiger partial charge in [0.2, 0.25) is 0 Å². The molecule has 1 saturated heterocycles. The Bertz CT molecular complexity index is 933. The van der Waals surface area contributed by atoms with Crippen molar-refractivity contribution in [2.75, 3.05) is 11.5 Å². The van der Waals surface area contributed by atoms with Crippen LogP contribution in [0.25, 0.3) is 6.08 Å². The Balaban J connectivity index is 1.79. The van der Waals surface area contributed by atoms with Gasteiger partial charge in [-0.2, -0.15) is 0 Å². The molecule has 1 fully saturated rings. The number of carbonyl (C=O) groups is 2. The van der Waals surface area contributed by atoms with Crippen LogP contribution in [0.5, 0.6) is 5.75 Å². The minimum absolute atomic E-state index is 0.151. The maximum Gasteiger partial charge on any atom is 0.335 e. The number of ether oxygens (including phenoxy) is 1. The third-order valence-electron chi connectivity index (χ3n) is 3.71. The molecule has 1 aliphatic rings. The van der Waals surface area contributed by atoms with E-state index in [1.807, 2.05) is 24.3 Å². The molecule has 27 heavy (non-hydrogen) atoms. The fraction of sp³-hybridized carbons (Fsp3) is 0.0500. The predicted octanol–water partition coefficient (Wildman–Crippen LogP) is 4.36. The minimum Gasteiger partial charge on any atom is -0.490 e. The van der Waals surface area contributed by atoms with E-state index in [1.54, 1.807) is 24.3 Å². The van der Waals surface area contributed by atoms with E-state index in [4.69, 9.17) is 22.1 Å². The molecule has 0 aliphatic carbocycles. The van der Waals surface area contributed by atoms with Crippen LogP contribution < -0.4 is 9.64 Å². The summed E-state index contributed by atoms with van der Waals surface area (Å²) >= 11 is 6.54. The highest BCUT2D eigenvalue weighted by atomic mass is 32.2. The van der Waals surface area contributed by atoms with Crippen LogP contribution in [0.4, 0.5) is 5.69 Å². The first kappa shape index (κ1) is 18.9. The number of anilines is 1. The van der Waals surface area contributed by atoms with Crippen molar-refractivity contribution in [1.29, 1.82) is 0 Å². The molecule has 0 spiro atoms. The molecule has 1 heterocycles. The molecule has 0 atom stereocenters. The number of rotatable bonds is 6. The molecule has 0 aromatic heterocycles. The summed E-state index contributed by atoms with van der Waals surface area (Å²) in [6.07, 6.45) is 3.43. The summed E-state index contributed by atoms with van der Waals surface area (Å²) in [6.45, 7) is 4.03. The Kier molecular flexibility index (Phi) is 5.73. The van der Waals surface area contributed by atoms with Gasteiger partial charge in [-0.25, -0.2) is 4.79 Å². The van der Waals surface area contributed by atoms with Gasteiger partial charge in [-0.05, 0) is 48.0 Å². The monoisotopic (exact) mass is 397 g/mol. The van der Waals surface area contributed by atoms with E-state index >= 15 is 0 Å². The molecule has 5 nitrogen and oxygen atoms in total. The number of carboxylic acid groups (broad SMARTS) is 1. The number of thioether (sulfide) groups is 1. The van der Waals surface area contributed by atoms with Gasteiger partial charge in [-0.1, -0.05) is 48.8 Å². The van der Waals surface area contributed by atoms with Crippen molar-refractivity contribution in [3.63, 3.8) is 0 Å². The van der Waals surface area contributed by atoms with Gasteiger partial charge in [0.05, 0.1) is 16.2 Å². The number of hydrogen-bond acceptors (Lipinski definition) is 5. The first-order chi connectivity index (χ1) is 13.0. The summed E-state index contributed by atoms with van der Waals surface area (Å²) in [5.41, 5.74) is 1.54. The van der Waals surface area contributed by atoms with Gasteiger partial charge < -0.3 is 9.84 Å². The topological polar surface area (TPSA) is 66.8 Å². The largest absolute Gasteiger partial charge is 0.490 e. The molecule has 0 bridgehead atoms. The lowest BCUT2D eigenvalue weighted by Gasteiger charge is -2.14. The average Bonchev–Trinajstić information content (AvgIpc) is 2.94. The maximum absolute atomic E-state index is 12.7. The Morgan fingerprint density at radius 3 is 2.44 bits per heavy atom. The maximum atomic E-state index is 12.7. The number of aromatic carboxylic acids is 1. The number of hydrogen-bond donors (Lipinski definition) is 1. The SMILES string of the molecule is C=CCOc1ccc(/C=C2\SC(=S)N(c3ccc(C(=O)O)cc3)C2=O)cc1. The van der Waals surface area contributed by atoms with Crippen molar-refractivity contribution in [1.82, 2.24) is 0 Å². The summed E-state index contributed by atoms with van der Waals surface area (Å²) in [7, 11) is 0. The fourth-order valence-corrected chi connectivity index (χ4v) is 3.71. The van der Waals surface area contributed by atoms with Crippen molar-refractivity contribution in [3.8, 4) is 5.75 Å². The molecule has 7 heteroatoms. The lowest BCUT2D eigenvalue weighted by molar-refractivity contribution is -0.113. The van der Waals surface area contributed by atoms with Gasteiger partial charge in [0, 0.05) is 0 Å². The molecular formula is C20H15NO4S2. The third-order valence-corrected chi connectivity index (χ3v) is 5.01. The van der Waals surface area contributed by atoms with E-state index in [1.165, 1.54) is 28.8 Å². The van der Waals surface area contributed by atoms with Crippen molar-refractivity contribution in [3.05, 3.63) is 77.2 Å².